The molecule has 1 aliphatic carbocycles. The third-order valence-electron chi connectivity index (χ3n) is 1.42. The van der Waals surface area contributed by atoms with Gasteiger partial charge in [0.05, 0.1) is 6.54 Å². The minimum atomic E-state index is 0.322. The van der Waals surface area contributed by atoms with Gasteiger partial charge >= 0.3 is 0 Å². The lowest BCUT2D eigenvalue weighted by Crippen LogP contribution is -2.28. The molecule has 0 spiro atoms. The molecule has 1 aliphatic rings. The van der Waals surface area contributed by atoms with E-state index in [4.69, 9.17) is 0 Å². The molecule has 0 amide bonds. The number of hydrogen-bond acceptors (Lipinski definition) is 2. The van der Waals surface area contributed by atoms with Crippen LogP contribution in [0.3, 0.4) is 0 Å². The molecule has 0 aromatic rings. The van der Waals surface area contributed by atoms with Crippen molar-refractivity contribution in [2.45, 2.75) is 12.5 Å². The lowest BCUT2D eigenvalue weighted by molar-refractivity contribution is 0.541. The second-order valence-electron chi connectivity index (χ2n) is 2.18. The molecular weight excluding hydrogens is 126 g/mol. The monoisotopic (exact) mass is 136 g/mol. The molecule has 1 rings (SSSR count). The van der Waals surface area contributed by atoms with E-state index in [1.807, 2.05) is 18.2 Å². The van der Waals surface area contributed by atoms with Gasteiger partial charge in [0.2, 0.25) is 6.29 Å². The van der Waals surface area contributed by atoms with Crippen LogP contribution < -0.4 is 5.32 Å². The van der Waals surface area contributed by atoms with Crippen molar-refractivity contribution >= 4 is 6.29 Å². The molecule has 0 bridgehead atoms. The van der Waals surface area contributed by atoms with E-state index in [9.17, 15) is 4.79 Å². The van der Waals surface area contributed by atoms with Crippen molar-refractivity contribution in [3.8, 4) is 0 Å². The minimum Gasteiger partial charge on any atom is -0.303 e. The Morgan fingerprint density at radius 3 is 3.10 bits per heavy atom. The van der Waals surface area contributed by atoms with E-state index in [1.165, 1.54) is 0 Å². The maximum absolute atomic E-state index is 9.82. The van der Waals surface area contributed by atoms with Gasteiger partial charge in [-0.25, -0.2) is 0 Å². The summed E-state index contributed by atoms with van der Waals surface area (Å²) >= 11 is 0. The molecule has 0 aromatic carbocycles. The molecule has 10 heavy (non-hydrogen) atoms. The highest BCUT2D eigenvalue weighted by atomic mass is 16.1. The Morgan fingerprint density at radius 1 is 1.60 bits per heavy atom. The van der Waals surface area contributed by atoms with Crippen molar-refractivity contribution in [2.75, 3.05) is 6.54 Å². The van der Waals surface area contributed by atoms with Crippen molar-refractivity contribution < 1.29 is 4.79 Å². The summed E-state index contributed by atoms with van der Waals surface area (Å²) in [6.07, 6.45) is 10.9. The van der Waals surface area contributed by atoms with Gasteiger partial charge in [-0.3, -0.25) is 4.79 Å². The van der Waals surface area contributed by atoms with E-state index in [-0.39, 0.29) is 0 Å². The lowest BCUT2D eigenvalue weighted by atomic mass is 10.1. The summed E-state index contributed by atoms with van der Waals surface area (Å²) in [6, 6.07) is 0.325. The largest absolute Gasteiger partial charge is 0.303 e. The maximum Gasteiger partial charge on any atom is 0.213 e. The third kappa shape index (κ3) is 2.15. The maximum atomic E-state index is 9.82. The highest BCUT2D eigenvalue weighted by molar-refractivity contribution is 5.53. The van der Waals surface area contributed by atoms with Crippen molar-refractivity contribution in [1.29, 1.82) is 0 Å². The first-order valence-electron chi connectivity index (χ1n) is 3.35. The molecule has 0 aliphatic heterocycles. The first-order valence-corrected chi connectivity index (χ1v) is 3.35. The highest BCUT2D eigenvalue weighted by Crippen LogP contribution is 2.01. The molecule has 2 heteroatoms. The van der Waals surface area contributed by atoms with Crippen LogP contribution in [-0.4, -0.2) is 18.9 Å². The fourth-order valence-electron chi connectivity index (χ4n) is 0.905. The molecule has 0 heterocycles. The van der Waals surface area contributed by atoms with Crippen LogP contribution in [0.2, 0.25) is 0 Å². The van der Waals surface area contributed by atoms with Crippen LogP contribution in [0.15, 0.2) is 24.3 Å². The molecule has 1 radical (unpaired) electrons. The van der Waals surface area contributed by atoms with Gasteiger partial charge in [0.15, 0.2) is 0 Å². The molecule has 0 saturated carbocycles. The van der Waals surface area contributed by atoms with Crippen molar-refractivity contribution in [3.63, 3.8) is 0 Å². The standard InChI is InChI=1S/C8H10NO/c10-7-6-9-8-4-2-1-3-5-8/h1-4,8-9H,5-6H2. The summed E-state index contributed by atoms with van der Waals surface area (Å²) in [4.78, 5) is 9.82. The van der Waals surface area contributed by atoms with Crippen LogP contribution in [0.5, 0.6) is 0 Å². The Morgan fingerprint density at radius 2 is 2.50 bits per heavy atom. The van der Waals surface area contributed by atoms with E-state index in [2.05, 4.69) is 11.4 Å². The van der Waals surface area contributed by atoms with Gasteiger partial charge < -0.3 is 5.32 Å². The number of carbonyl (C=O) groups excluding carboxylic acids is 1. The van der Waals surface area contributed by atoms with Gasteiger partial charge in [-0.05, 0) is 6.42 Å². The van der Waals surface area contributed by atoms with E-state index in [0.29, 0.717) is 12.6 Å². The molecule has 0 aromatic heterocycles. The lowest BCUT2D eigenvalue weighted by Gasteiger charge is -2.11. The van der Waals surface area contributed by atoms with Gasteiger partial charge in [0.25, 0.3) is 0 Å². The van der Waals surface area contributed by atoms with Crippen LogP contribution in [0.1, 0.15) is 6.42 Å². The van der Waals surface area contributed by atoms with Gasteiger partial charge in [-0.1, -0.05) is 24.3 Å². The summed E-state index contributed by atoms with van der Waals surface area (Å²) in [5.74, 6) is 0. The second kappa shape index (κ2) is 4.01. The van der Waals surface area contributed by atoms with E-state index >= 15 is 0 Å². The van der Waals surface area contributed by atoms with Crippen LogP contribution in [0.4, 0.5) is 0 Å². The van der Waals surface area contributed by atoms with E-state index in [0.717, 1.165) is 6.42 Å². The Balaban J connectivity index is 2.23. The fraction of sp³-hybridized carbons (Fsp3) is 0.375. The summed E-state index contributed by atoms with van der Waals surface area (Å²) in [5.41, 5.74) is 0. The smallest absolute Gasteiger partial charge is 0.213 e. The quantitative estimate of drug-likeness (QED) is 0.614. The second-order valence-corrected chi connectivity index (χ2v) is 2.18. The van der Waals surface area contributed by atoms with Gasteiger partial charge in [0.1, 0.15) is 0 Å². The first-order chi connectivity index (χ1) is 4.93. The Labute approximate surface area is 60.6 Å². The average Bonchev–Trinajstić information content (AvgIpc) is 2.03. The molecule has 1 unspecified atom stereocenters. The zero-order chi connectivity index (χ0) is 7.23. The Bertz CT molecular complexity index is 161. The summed E-state index contributed by atoms with van der Waals surface area (Å²) in [5, 5.41) is 3.01. The van der Waals surface area contributed by atoms with Gasteiger partial charge in [-0.2, -0.15) is 0 Å². The van der Waals surface area contributed by atoms with Crippen molar-refractivity contribution in [3.05, 3.63) is 24.3 Å². The molecule has 1 atom stereocenters. The number of hydrogen-bond donors (Lipinski definition) is 1. The van der Waals surface area contributed by atoms with E-state index < -0.39 is 0 Å². The predicted molar refractivity (Wildman–Crippen MR) is 40.4 cm³/mol. The number of allylic oxidation sites excluding steroid dienone is 2. The summed E-state index contributed by atoms with van der Waals surface area (Å²) < 4.78 is 0. The molecule has 1 N–H and O–H groups in total. The fourth-order valence-corrected chi connectivity index (χ4v) is 0.905. The van der Waals surface area contributed by atoms with Crippen LogP contribution in [0.25, 0.3) is 0 Å². The zero-order valence-corrected chi connectivity index (χ0v) is 5.71. The SMILES string of the molecule is O=[C]CNC1C=CC=CC1. The molecule has 53 valence electrons. The Kier molecular flexibility index (Phi) is 2.90. The van der Waals surface area contributed by atoms with Gasteiger partial charge in [-0.15, -0.1) is 0 Å². The van der Waals surface area contributed by atoms with Crippen LogP contribution in [0, 0.1) is 0 Å². The summed E-state index contributed by atoms with van der Waals surface area (Å²) in [7, 11) is 0. The van der Waals surface area contributed by atoms with Crippen molar-refractivity contribution in [2.24, 2.45) is 0 Å². The normalized spacial score (nSPS) is 23.0. The molecule has 2 nitrogen and oxygen atoms in total. The predicted octanol–water partition coefficient (Wildman–Crippen LogP) is 0.570. The first kappa shape index (κ1) is 7.22. The number of rotatable bonds is 3. The minimum absolute atomic E-state index is 0.322. The van der Waals surface area contributed by atoms with Gasteiger partial charge in [0, 0.05) is 6.04 Å². The van der Waals surface area contributed by atoms with Crippen molar-refractivity contribution in [1.82, 2.24) is 5.32 Å². The topological polar surface area (TPSA) is 29.1 Å². The average molecular weight is 136 g/mol. The molecular formula is C8H10NO. The Hall–Kier alpha value is -0.890. The number of nitrogens with one attached hydrogen (secondary N) is 1. The van der Waals surface area contributed by atoms with Crippen LogP contribution in [-0.2, 0) is 4.79 Å². The zero-order valence-electron chi connectivity index (χ0n) is 5.71. The van der Waals surface area contributed by atoms with Crippen LogP contribution >= 0.6 is 0 Å². The summed E-state index contributed by atoms with van der Waals surface area (Å²) in [6.45, 7) is 0.322. The highest BCUT2D eigenvalue weighted by Gasteiger charge is 2.01. The third-order valence-corrected chi connectivity index (χ3v) is 1.42. The van der Waals surface area contributed by atoms with E-state index in [1.54, 1.807) is 6.29 Å². The molecule has 0 fully saturated rings. The molecule has 0 saturated heterocycles.